The van der Waals surface area contributed by atoms with Gasteiger partial charge >= 0.3 is 0 Å². The molecule has 2 heterocycles. The molecule has 1 aromatic rings. The largest absolute Gasteiger partial charge is 0.388 e. The van der Waals surface area contributed by atoms with Crippen LogP contribution in [-0.2, 0) is 6.42 Å². The number of aliphatic hydroxyl groups is 1. The first-order valence-corrected chi connectivity index (χ1v) is 9.14. The molecule has 4 heteroatoms. The zero-order valence-electron chi connectivity index (χ0n) is 14.7. The third-order valence-corrected chi connectivity index (χ3v) is 5.40. The van der Waals surface area contributed by atoms with Crippen molar-refractivity contribution in [1.29, 1.82) is 0 Å². The number of nitrogens with zero attached hydrogens (tertiary/aromatic N) is 3. The van der Waals surface area contributed by atoms with Gasteiger partial charge in [-0.1, -0.05) is 12.1 Å². The summed E-state index contributed by atoms with van der Waals surface area (Å²) in [5, 5.41) is 10.6. The maximum atomic E-state index is 10.6. The second kappa shape index (κ2) is 7.65. The van der Waals surface area contributed by atoms with E-state index < -0.39 is 0 Å². The normalized spacial score (nSPS) is 21.3. The highest BCUT2D eigenvalue weighted by Gasteiger charge is 2.19. The van der Waals surface area contributed by atoms with E-state index >= 15 is 0 Å². The summed E-state index contributed by atoms with van der Waals surface area (Å²) < 4.78 is 0. The standard InChI is InChI=1S/C19H31N3O/c1-3-22-9-4-5-16-15-17(6-7-18(16)22)19(23)8-10-21-13-11-20(2)12-14-21/h6-7,15,19,23H,3-5,8-14H2,1-2H3. The Kier molecular flexibility index (Phi) is 5.57. The highest BCUT2D eigenvalue weighted by Crippen LogP contribution is 2.30. The molecular formula is C19H31N3O. The molecule has 0 aromatic heterocycles. The predicted molar refractivity (Wildman–Crippen MR) is 96.2 cm³/mol. The van der Waals surface area contributed by atoms with Crippen LogP contribution >= 0.6 is 0 Å². The molecule has 3 rings (SSSR count). The number of fused-ring (bicyclic) bond motifs is 1. The molecule has 2 aliphatic heterocycles. The Labute approximate surface area is 140 Å². The summed E-state index contributed by atoms with van der Waals surface area (Å²) >= 11 is 0. The number of aryl methyl sites for hydroxylation is 1. The minimum Gasteiger partial charge on any atom is -0.388 e. The van der Waals surface area contributed by atoms with E-state index in [1.54, 1.807) is 0 Å². The predicted octanol–water partition coefficient (Wildman–Crippen LogP) is 2.13. The molecule has 0 saturated carbocycles. The van der Waals surface area contributed by atoms with E-state index in [9.17, 15) is 5.11 Å². The van der Waals surface area contributed by atoms with Gasteiger partial charge in [0.05, 0.1) is 6.10 Å². The van der Waals surface area contributed by atoms with Crippen molar-refractivity contribution in [1.82, 2.24) is 9.80 Å². The summed E-state index contributed by atoms with van der Waals surface area (Å²) in [6, 6.07) is 6.58. The lowest BCUT2D eigenvalue weighted by Gasteiger charge is -2.33. The number of hydrogen-bond donors (Lipinski definition) is 1. The zero-order valence-corrected chi connectivity index (χ0v) is 14.7. The monoisotopic (exact) mass is 317 g/mol. The Hall–Kier alpha value is -1.10. The fourth-order valence-corrected chi connectivity index (χ4v) is 3.77. The summed E-state index contributed by atoms with van der Waals surface area (Å²) in [5.74, 6) is 0. The fourth-order valence-electron chi connectivity index (χ4n) is 3.77. The van der Waals surface area contributed by atoms with Crippen LogP contribution in [0.2, 0.25) is 0 Å². The second-order valence-corrected chi connectivity index (χ2v) is 7.02. The Morgan fingerprint density at radius 2 is 1.91 bits per heavy atom. The fraction of sp³-hybridized carbons (Fsp3) is 0.684. The lowest BCUT2D eigenvalue weighted by molar-refractivity contribution is 0.113. The number of anilines is 1. The summed E-state index contributed by atoms with van der Waals surface area (Å²) in [6.07, 6.45) is 2.86. The van der Waals surface area contributed by atoms with Crippen molar-refractivity contribution in [3.05, 3.63) is 29.3 Å². The molecule has 0 radical (unpaired) electrons. The van der Waals surface area contributed by atoms with Crippen molar-refractivity contribution in [2.45, 2.75) is 32.3 Å². The summed E-state index contributed by atoms with van der Waals surface area (Å²) in [5.41, 5.74) is 3.87. The van der Waals surface area contributed by atoms with Gasteiger partial charge in [0.25, 0.3) is 0 Å². The van der Waals surface area contributed by atoms with E-state index in [1.165, 1.54) is 17.7 Å². The lowest BCUT2D eigenvalue weighted by atomic mass is 9.96. The third kappa shape index (κ3) is 4.06. The Bertz CT molecular complexity index is 511. The number of hydrogen-bond acceptors (Lipinski definition) is 4. The smallest absolute Gasteiger partial charge is 0.0802 e. The SMILES string of the molecule is CCN1CCCc2cc(C(O)CCN3CCN(C)CC3)ccc21. The molecular weight excluding hydrogens is 286 g/mol. The van der Waals surface area contributed by atoms with Gasteiger partial charge in [0, 0.05) is 51.5 Å². The van der Waals surface area contributed by atoms with Gasteiger partial charge in [-0.3, -0.25) is 0 Å². The number of piperazine rings is 1. The molecule has 23 heavy (non-hydrogen) atoms. The maximum Gasteiger partial charge on any atom is 0.0802 e. The molecule has 1 fully saturated rings. The van der Waals surface area contributed by atoms with Crippen LogP contribution in [0, 0.1) is 0 Å². The van der Waals surface area contributed by atoms with Crippen molar-refractivity contribution in [2.75, 3.05) is 57.8 Å². The molecule has 4 nitrogen and oxygen atoms in total. The molecule has 0 bridgehead atoms. The minimum absolute atomic E-state index is 0.336. The number of aliphatic hydroxyl groups excluding tert-OH is 1. The van der Waals surface area contributed by atoms with Crippen LogP contribution in [0.15, 0.2) is 18.2 Å². The molecule has 128 valence electrons. The van der Waals surface area contributed by atoms with Crippen molar-refractivity contribution < 1.29 is 5.11 Å². The molecule has 1 unspecified atom stereocenters. The van der Waals surface area contributed by atoms with E-state index in [1.807, 2.05) is 0 Å². The Balaban J connectivity index is 1.58. The molecule has 1 atom stereocenters. The Morgan fingerprint density at radius 3 is 2.65 bits per heavy atom. The van der Waals surface area contributed by atoms with Crippen LogP contribution in [0.4, 0.5) is 5.69 Å². The van der Waals surface area contributed by atoms with Crippen LogP contribution < -0.4 is 4.90 Å². The van der Waals surface area contributed by atoms with E-state index in [-0.39, 0.29) is 6.10 Å². The van der Waals surface area contributed by atoms with Gasteiger partial charge in [-0.05, 0) is 50.4 Å². The average molecular weight is 317 g/mol. The van der Waals surface area contributed by atoms with Gasteiger partial charge in [0.15, 0.2) is 0 Å². The van der Waals surface area contributed by atoms with E-state index in [0.717, 1.165) is 64.2 Å². The van der Waals surface area contributed by atoms with Crippen molar-refractivity contribution in [2.24, 2.45) is 0 Å². The van der Waals surface area contributed by atoms with Gasteiger partial charge in [-0.25, -0.2) is 0 Å². The number of benzene rings is 1. The number of rotatable bonds is 5. The first kappa shape index (κ1) is 16.7. The van der Waals surface area contributed by atoms with Crippen molar-refractivity contribution in [3.63, 3.8) is 0 Å². The van der Waals surface area contributed by atoms with E-state index in [4.69, 9.17) is 0 Å². The molecule has 0 amide bonds. The molecule has 1 aromatic carbocycles. The number of likely N-dealkylation sites (N-methyl/N-ethyl adjacent to an activating group) is 1. The summed E-state index contributed by atoms with van der Waals surface area (Å²) in [7, 11) is 2.18. The van der Waals surface area contributed by atoms with Crippen LogP contribution in [0.1, 0.15) is 37.0 Å². The molecule has 0 spiro atoms. The van der Waals surface area contributed by atoms with E-state index in [2.05, 4.69) is 46.9 Å². The lowest BCUT2D eigenvalue weighted by Crippen LogP contribution is -2.44. The first-order chi connectivity index (χ1) is 11.2. The topological polar surface area (TPSA) is 30.0 Å². The van der Waals surface area contributed by atoms with Crippen LogP contribution in [0.25, 0.3) is 0 Å². The third-order valence-electron chi connectivity index (χ3n) is 5.40. The van der Waals surface area contributed by atoms with Gasteiger partial charge in [-0.2, -0.15) is 0 Å². The zero-order chi connectivity index (χ0) is 16.2. The summed E-state index contributed by atoms with van der Waals surface area (Å²) in [4.78, 5) is 7.29. The van der Waals surface area contributed by atoms with Gasteiger partial charge in [0.2, 0.25) is 0 Å². The van der Waals surface area contributed by atoms with Crippen LogP contribution in [0.3, 0.4) is 0 Å². The Morgan fingerprint density at radius 1 is 1.13 bits per heavy atom. The molecule has 1 N–H and O–H groups in total. The van der Waals surface area contributed by atoms with Gasteiger partial charge < -0.3 is 19.8 Å². The van der Waals surface area contributed by atoms with Crippen LogP contribution in [0.5, 0.6) is 0 Å². The van der Waals surface area contributed by atoms with Crippen LogP contribution in [-0.4, -0.2) is 67.8 Å². The quantitative estimate of drug-likeness (QED) is 0.901. The first-order valence-electron chi connectivity index (χ1n) is 9.14. The van der Waals surface area contributed by atoms with Crippen molar-refractivity contribution >= 4 is 5.69 Å². The highest BCUT2D eigenvalue weighted by molar-refractivity contribution is 5.57. The molecule has 2 aliphatic rings. The highest BCUT2D eigenvalue weighted by atomic mass is 16.3. The van der Waals surface area contributed by atoms with Gasteiger partial charge in [-0.15, -0.1) is 0 Å². The average Bonchev–Trinajstić information content (AvgIpc) is 2.60. The van der Waals surface area contributed by atoms with E-state index in [0.29, 0.717) is 0 Å². The minimum atomic E-state index is -0.336. The van der Waals surface area contributed by atoms with Gasteiger partial charge in [0.1, 0.15) is 0 Å². The van der Waals surface area contributed by atoms with Crippen molar-refractivity contribution in [3.8, 4) is 0 Å². The summed E-state index contributed by atoms with van der Waals surface area (Å²) in [6.45, 7) is 9.97. The molecule has 1 saturated heterocycles. The maximum absolute atomic E-state index is 10.6. The second-order valence-electron chi connectivity index (χ2n) is 7.02. The molecule has 0 aliphatic carbocycles.